The van der Waals surface area contributed by atoms with Gasteiger partial charge in [-0.3, -0.25) is 4.68 Å². The molecule has 1 aliphatic heterocycles. The number of hydrogen-bond donors (Lipinski definition) is 1. The van der Waals surface area contributed by atoms with Crippen LogP contribution in [0.1, 0.15) is 39.2 Å². The molecule has 1 saturated heterocycles. The number of nitriles is 1. The Balaban J connectivity index is 1.33. The zero-order valence-electron chi connectivity index (χ0n) is 21.5. The number of likely N-dealkylation sites (tertiary alicyclic amines) is 1. The molecular formula is C27H30N8O2. The van der Waals surface area contributed by atoms with E-state index in [1.165, 1.54) is 0 Å². The number of pyridine rings is 2. The van der Waals surface area contributed by atoms with Gasteiger partial charge in [0, 0.05) is 67.0 Å². The summed E-state index contributed by atoms with van der Waals surface area (Å²) in [5, 5.41) is 21.8. The van der Waals surface area contributed by atoms with E-state index in [4.69, 9.17) is 4.74 Å². The summed E-state index contributed by atoms with van der Waals surface area (Å²) < 4.78 is 8.98. The van der Waals surface area contributed by atoms with Crippen LogP contribution in [0.15, 0.2) is 49.2 Å². The Hall–Kier alpha value is -4.39. The molecule has 190 valence electrons. The van der Waals surface area contributed by atoms with Crippen molar-refractivity contribution >= 4 is 17.4 Å². The van der Waals surface area contributed by atoms with E-state index in [-0.39, 0.29) is 12.1 Å². The Morgan fingerprint density at radius 3 is 2.49 bits per heavy atom. The SMILES string of the molecule is Cn1cc(-c2cc(-c3ccc(NC4CCN(C(=O)OC(C)(C)C)CC4)nc3)c3c(C#N)cnn3c2)cn1. The first kappa shape index (κ1) is 24.3. The maximum absolute atomic E-state index is 12.3. The van der Waals surface area contributed by atoms with Gasteiger partial charge in [0.2, 0.25) is 0 Å². The highest BCUT2D eigenvalue weighted by Gasteiger charge is 2.27. The lowest BCUT2D eigenvalue weighted by Gasteiger charge is -2.33. The van der Waals surface area contributed by atoms with Crippen LogP contribution in [0.4, 0.5) is 10.6 Å². The average molecular weight is 499 g/mol. The van der Waals surface area contributed by atoms with Crippen molar-refractivity contribution in [1.82, 2.24) is 29.3 Å². The van der Waals surface area contributed by atoms with Crippen molar-refractivity contribution in [3.8, 4) is 28.3 Å². The minimum Gasteiger partial charge on any atom is -0.444 e. The predicted octanol–water partition coefficient (Wildman–Crippen LogP) is 4.48. The number of amides is 1. The summed E-state index contributed by atoms with van der Waals surface area (Å²) in [5.74, 6) is 0.771. The Labute approximate surface area is 215 Å². The van der Waals surface area contributed by atoms with Crippen LogP contribution >= 0.6 is 0 Å². The summed E-state index contributed by atoms with van der Waals surface area (Å²) in [4.78, 5) is 18.7. The molecule has 0 atom stereocenters. The smallest absolute Gasteiger partial charge is 0.410 e. The number of piperidine rings is 1. The van der Waals surface area contributed by atoms with Crippen molar-refractivity contribution in [3.05, 3.63) is 54.7 Å². The fourth-order valence-corrected chi connectivity index (χ4v) is 4.53. The summed E-state index contributed by atoms with van der Waals surface area (Å²) in [6.45, 7) is 6.91. The minimum atomic E-state index is -0.494. The first-order valence-corrected chi connectivity index (χ1v) is 12.3. The molecule has 0 aromatic carbocycles. The van der Waals surface area contributed by atoms with Gasteiger partial charge in [-0.1, -0.05) is 0 Å². The number of nitrogens with zero attached hydrogens (tertiary/aromatic N) is 7. The molecule has 0 aliphatic carbocycles. The molecule has 4 aromatic heterocycles. The van der Waals surface area contributed by atoms with Gasteiger partial charge >= 0.3 is 6.09 Å². The molecule has 0 bridgehead atoms. The zero-order chi connectivity index (χ0) is 26.2. The molecule has 5 rings (SSSR count). The summed E-state index contributed by atoms with van der Waals surface area (Å²) in [6.07, 6.45) is 10.4. The first-order chi connectivity index (χ1) is 17.7. The maximum atomic E-state index is 12.3. The first-order valence-electron chi connectivity index (χ1n) is 12.3. The van der Waals surface area contributed by atoms with E-state index in [2.05, 4.69) is 26.6 Å². The Bertz CT molecular complexity index is 1470. The van der Waals surface area contributed by atoms with Crippen LogP contribution in [0, 0.1) is 11.3 Å². The average Bonchev–Trinajstić information content (AvgIpc) is 3.49. The van der Waals surface area contributed by atoms with Gasteiger partial charge in [-0.2, -0.15) is 15.5 Å². The molecule has 10 heteroatoms. The Morgan fingerprint density at radius 1 is 1.08 bits per heavy atom. The molecule has 0 spiro atoms. The van der Waals surface area contributed by atoms with E-state index < -0.39 is 5.60 Å². The van der Waals surface area contributed by atoms with Crippen LogP contribution in [0.25, 0.3) is 27.8 Å². The molecule has 4 aromatic rings. The predicted molar refractivity (Wildman–Crippen MR) is 140 cm³/mol. The van der Waals surface area contributed by atoms with E-state index in [9.17, 15) is 10.1 Å². The van der Waals surface area contributed by atoms with E-state index in [1.54, 1.807) is 26.5 Å². The van der Waals surface area contributed by atoms with Crippen molar-refractivity contribution < 1.29 is 9.53 Å². The summed E-state index contributed by atoms with van der Waals surface area (Å²) in [5.41, 5.74) is 4.43. The number of nitrogens with one attached hydrogen (secondary N) is 1. The van der Waals surface area contributed by atoms with Gasteiger partial charge in [0.05, 0.1) is 23.5 Å². The lowest BCUT2D eigenvalue weighted by molar-refractivity contribution is 0.0210. The van der Waals surface area contributed by atoms with Crippen LogP contribution in [-0.2, 0) is 11.8 Å². The van der Waals surface area contributed by atoms with Gasteiger partial charge in [-0.25, -0.2) is 14.3 Å². The van der Waals surface area contributed by atoms with Crippen LogP contribution < -0.4 is 5.32 Å². The third kappa shape index (κ3) is 5.26. The van der Waals surface area contributed by atoms with Crippen molar-refractivity contribution in [2.24, 2.45) is 7.05 Å². The molecular weight excluding hydrogens is 468 g/mol. The second-order valence-electron chi connectivity index (χ2n) is 10.3. The summed E-state index contributed by atoms with van der Waals surface area (Å²) >= 11 is 0. The van der Waals surface area contributed by atoms with Gasteiger partial charge in [-0.05, 0) is 51.8 Å². The zero-order valence-corrected chi connectivity index (χ0v) is 21.5. The highest BCUT2D eigenvalue weighted by Crippen LogP contribution is 2.32. The number of aromatic nitrogens is 5. The van der Waals surface area contributed by atoms with E-state index in [0.29, 0.717) is 18.7 Å². The van der Waals surface area contributed by atoms with Gasteiger partial charge < -0.3 is 15.0 Å². The minimum absolute atomic E-state index is 0.220. The van der Waals surface area contributed by atoms with Crippen molar-refractivity contribution in [2.75, 3.05) is 18.4 Å². The van der Waals surface area contributed by atoms with Crippen molar-refractivity contribution in [2.45, 2.75) is 45.3 Å². The highest BCUT2D eigenvalue weighted by molar-refractivity contribution is 5.87. The number of aryl methyl sites for hydroxylation is 1. The molecule has 1 fully saturated rings. The monoisotopic (exact) mass is 498 g/mol. The van der Waals surface area contributed by atoms with Gasteiger partial charge in [-0.15, -0.1) is 0 Å². The molecule has 0 unspecified atom stereocenters. The molecule has 0 saturated carbocycles. The Morgan fingerprint density at radius 2 is 1.86 bits per heavy atom. The van der Waals surface area contributed by atoms with E-state index in [1.807, 2.05) is 64.6 Å². The summed E-state index contributed by atoms with van der Waals surface area (Å²) in [7, 11) is 1.88. The van der Waals surface area contributed by atoms with Gasteiger partial charge in [0.1, 0.15) is 17.5 Å². The lowest BCUT2D eigenvalue weighted by atomic mass is 10.0. The highest BCUT2D eigenvalue weighted by atomic mass is 16.6. The topological polar surface area (TPSA) is 113 Å². The second kappa shape index (κ2) is 9.58. The van der Waals surface area contributed by atoms with Crippen LogP contribution in [0.5, 0.6) is 0 Å². The van der Waals surface area contributed by atoms with Gasteiger partial charge in [0.15, 0.2) is 0 Å². The second-order valence-corrected chi connectivity index (χ2v) is 10.3. The molecule has 1 amide bonds. The normalized spacial score (nSPS) is 14.5. The molecule has 1 N–H and O–H groups in total. The van der Waals surface area contributed by atoms with E-state index in [0.717, 1.165) is 46.4 Å². The molecule has 1 aliphatic rings. The third-order valence-corrected chi connectivity index (χ3v) is 6.34. The molecule has 0 radical (unpaired) electrons. The van der Waals surface area contributed by atoms with Crippen molar-refractivity contribution in [1.29, 1.82) is 5.26 Å². The largest absolute Gasteiger partial charge is 0.444 e. The quantitative estimate of drug-likeness (QED) is 0.441. The number of ether oxygens (including phenoxy) is 1. The summed E-state index contributed by atoms with van der Waals surface area (Å²) in [6, 6.07) is 8.46. The fourth-order valence-electron chi connectivity index (χ4n) is 4.53. The Kier molecular flexibility index (Phi) is 6.29. The van der Waals surface area contributed by atoms with Crippen molar-refractivity contribution in [3.63, 3.8) is 0 Å². The number of carbonyl (C=O) groups is 1. The number of hydrogen-bond acceptors (Lipinski definition) is 7. The van der Waals surface area contributed by atoms with E-state index >= 15 is 0 Å². The molecule has 5 heterocycles. The lowest BCUT2D eigenvalue weighted by Crippen LogP contribution is -2.44. The fraction of sp³-hybridized carbons (Fsp3) is 0.370. The van der Waals surface area contributed by atoms with Gasteiger partial charge in [0.25, 0.3) is 0 Å². The number of anilines is 1. The van der Waals surface area contributed by atoms with Crippen LogP contribution in [-0.4, -0.2) is 60.1 Å². The number of carbonyl (C=O) groups excluding carboxylic acids is 1. The maximum Gasteiger partial charge on any atom is 0.410 e. The number of rotatable bonds is 4. The third-order valence-electron chi connectivity index (χ3n) is 6.34. The molecule has 10 nitrogen and oxygen atoms in total. The molecule has 37 heavy (non-hydrogen) atoms. The van der Waals surface area contributed by atoms with Crippen LogP contribution in [0.3, 0.4) is 0 Å². The number of fused-ring (bicyclic) bond motifs is 1. The van der Waals surface area contributed by atoms with Crippen LogP contribution in [0.2, 0.25) is 0 Å². The standard InChI is InChI=1S/C27H30N8O2/c1-27(2,3)37-26(36)34-9-7-22(8-10-34)32-24-6-5-18(13-29-24)23-11-19(21-15-30-33(4)16-21)17-35-25(23)20(12-28)14-31-35/h5-6,11,13-17,22H,7-10H2,1-4H3,(H,29,32).